The Bertz CT molecular complexity index is 610. The van der Waals surface area contributed by atoms with E-state index < -0.39 is 6.04 Å². The van der Waals surface area contributed by atoms with Gasteiger partial charge in [0.25, 0.3) is 0 Å². The second-order valence-corrected chi connectivity index (χ2v) is 7.11. The molecule has 1 N–H and O–H groups in total. The normalized spacial score (nSPS) is 16.1. The highest BCUT2D eigenvalue weighted by Gasteiger charge is 2.29. The standard InChI is InChI=1S/C20H31N3O4/c1-15(2)19(21-16(3)24)20(25)23-11-9-22(10-12-23)13-14-27-18-7-5-17(26-4)6-8-18/h5-8,15,19H,9-14H2,1-4H3,(H,21,24)/t19-/m0/s1. The maximum Gasteiger partial charge on any atom is 0.245 e. The van der Waals surface area contributed by atoms with Crippen LogP contribution in [0.4, 0.5) is 0 Å². The number of methoxy groups -OCH3 is 1. The highest BCUT2D eigenvalue weighted by Crippen LogP contribution is 2.17. The lowest BCUT2D eigenvalue weighted by Gasteiger charge is -2.37. The number of amides is 2. The molecule has 1 saturated heterocycles. The summed E-state index contributed by atoms with van der Waals surface area (Å²) in [5.74, 6) is 1.53. The van der Waals surface area contributed by atoms with Crippen molar-refractivity contribution in [1.82, 2.24) is 15.1 Å². The van der Waals surface area contributed by atoms with E-state index in [1.54, 1.807) is 7.11 Å². The highest BCUT2D eigenvalue weighted by molar-refractivity contribution is 5.87. The first-order valence-electron chi connectivity index (χ1n) is 9.45. The van der Waals surface area contributed by atoms with Crippen LogP contribution in [0.15, 0.2) is 24.3 Å². The van der Waals surface area contributed by atoms with Crippen molar-refractivity contribution < 1.29 is 19.1 Å². The summed E-state index contributed by atoms with van der Waals surface area (Å²) < 4.78 is 10.9. The Labute approximate surface area is 161 Å². The van der Waals surface area contributed by atoms with E-state index in [9.17, 15) is 9.59 Å². The monoisotopic (exact) mass is 377 g/mol. The number of carbonyl (C=O) groups excluding carboxylic acids is 2. The Morgan fingerprint density at radius 1 is 1.07 bits per heavy atom. The molecule has 0 spiro atoms. The van der Waals surface area contributed by atoms with Gasteiger partial charge in [-0.25, -0.2) is 0 Å². The van der Waals surface area contributed by atoms with Gasteiger partial charge in [-0.2, -0.15) is 0 Å². The number of rotatable bonds is 8. The van der Waals surface area contributed by atoms with Gasteiger partial charge in [-0.15, -0.1) is 0 Å². The van der Waals surface area contributed by atoms with Crippen molar-refractivity contribution in [2.75, 3.05) is 46.4 Å². The Balaban J connectivity index is 1.74. The van der Waals surface area contributed by atoms with Crippen LogP contribution in [0.2, 0.25) is 0 Å². The van der Waals surface area contributed by atoms with Crippen molar-refractivity contribution >= 4 is 11.8 Å². The summed E-state index contributed by atoms with van der Waals surface area (Å²) in [5.41, 5.74) is 0. The van der Waals surface area contributed by atoms with Crippen LogP contribution in [-0.2, 0) is 9.59 Å². The zero-order valence-corrected chi connectivity index (χ0v) is 16.7. The van der Waals surface area contributed by atoms with Crippen LogP contribution in [0.1, 0.15) is 20.8 Å². The number of hydrogen-bond acceptors (Lipinski definition) is 5. The molecule has 0 bridgehead atoms. The van der Waals surface area contributed by atoms with Crippen LogP contribution < -0.4 is 14.8 Å². The lowest BCUT2D eigenvalue weighted by Crippen LogP contribution is -2.56. The third-order valence-corrected chi connectivity index (χ3v) is 4.71. The Morgan fingerprint density at radius 3 is 2.19 bits per heavy atom. The summed E-state index contributed by atoms with van der Waals surface area (Å²) in [6, 6.07) is 7.08. The Kier molecular flexibility index (Phi) is 7.91. The molecule has 1 aromatic carbocycles. The molecule has 0 saturated carbocycles. The third-order valence-electron chi connectivity index (χ3n) is 4.71. The van der Waals surface area contributed by atoms with Gasteiger partial charge >= 0.3 is 0 Å². The number of nitrogens with zero attached hydrogens (tertiary/aromatic N) is 2. The third kappa shape index (κ3) is 6.43. The second-order valence-electron chi connectivity index (χ2n) is 7.11. The van der Waals surface area contributed by atoms with Gasteiger partial charge in [0, 0.05) is 39.6 Å². The Hall–Kier alpha value is -2.28. The zero-order chi connectivity index (χ0) is 19.8. The molecule has 150 valence electrons. The van der Waals surface area contributed by atoms with Gasteiger partial charge in [-0.3, -0.25) is 14.5 Å². The lowest BCUT2D eigenvalue weighted by atomic mass is 10.0. The fourth-order valence-corrected chi connectivity index (χ4v) is 3.09. The van der Waals surface area contributed by atoms with Crippen molar-refractivity contribution in [3.63, 3.8) is 0 Å². The van der Waals surface area contributed by atoms with E-state index in [1.807, 2.05) is 43.0 Å². The molecule has 1 fully saturated rings. The zero-order valence-electron chi connectivity index (χ0n) is 16.7. The highest BCUT2D eigenvalue weighted by atomic mass is 16.5. The van der Waals surface area contributed by atoms with Crippen molar-refractivity contribution in [2.24, 2.45) is 5.92 Å². The number of piperazine rings is 1. The van der Waals surface area contributed by atoms with Crippen molar-refractivity contribution in [3.8, 4) is 11.5 Å². The first-order chi connectivity index (χ1) is 12.9. The predicted octanol–water partition coefficient (Wildman–Crippen LogP) is 1.38. The molecule has 1 atom stereocenters. The van der Waals surface area contributed by atoms with E-state index in [4.69, 9.17) is 9.47 Å². The first-order valence-corrected chi connectivity index (χ1v) is 9.45. The fourth-order valence-electron chi connectivity index (χ4n) is 3.09. The molecule has 2 rings (SSSR count). The molecular formula is C20H31N3O4. The number of ether oxygens (including phenoxy) is 2. The number of benzene rings is 1. The smallest absolute Gasteiger partial charge is 0.245 e. The minimum Gasteiger partial charge on any atom is -0.497 e. The molecule has 0 unspecified atom stereocenters. The maximum atomic E-state index is 12.7. The van der Waals surface area contributed by atoms with E-state index in [-0.39, 0.29) is 17.7 Å². The topological polar surface area (TPSA) is 71.1 Å². The second kappa shape index (κ2) is 10.2. The van der Waals surface area contributed by atoms with Crippen LogP contribution in [-0.4, -0.2) is 74.1 Å². The SMILES string of the molecule is COc1ccc(OCCN2CCN(C(=O)[C@@H](NC(C)=O)C(C)C)CC2)cc1. The van der Waals surface area contributed by atoms with Gasteiger partial charge in [-0.05, 0) is 30.2 Å². The Morgan fingerprint density at radius 2 is 1.67 bits per heavy atom. The van der Waals surface area contributed by atoms with Crippen LogP contribution in [0.3, 0.4) is 0 Å². The molecule has 0 radical (unpaired) electrons. The minimum absolute atomic E-state index is 0.00864. The molecule has 1 aliphatic rings. The van der Waals surface area contributed by atoms with Crippen molar-refractivity contribution in [2.45, 2.75) is 26.8 Å². The molecule has 2 amide bonds. The van der Waals surface area contributed by atoms with E-state index in [2.05, 4.69) is 10.2 Å². The van der Waals surface area contributed by atoms with Gasteiger partial charge in [0.05, 0.1) is 7.11 Å². The van der Waals surface area contributed by atoms with Gasteiger partial charge in [0.15, 0.2) is 0 Å². The largest absolute Gasteiger partial charge is 0.497 e. The number of hydrogen-bond donors (Lipinski definition) is 1. The average molecular weight is 377 g/mol. The number of nitrogens with one attached hydrogen (secondary N) is 1. The summed E-state index contributed by atoms with van der Waals surface area (Å²) in [5, 5.41) is 2.78. The average Bonchev–Trinajstić information content (AvgIpc) is 2.66. The quantitative estimate of drug-likeness (QED) is 0.741. The van der Waals surface area contributed by atoms with Gasteiger partial charge in [0.2, 0.25) is 11.8 Å². The summed E-state index contributed by atoms with van der Waals surface area (Å²) in [6.07, 6.45) is 0. The van der Waals surface area contributed by atoms with E-state index >= 15 is 0 Å². The van der Waals surface area contributed by atoms with Gasteiger partial charge in [-0.1, -0.05) is 13.8 Å². The van der Waals surface area contributed by atoms with E-state index in [0.717, 1.165) is 31.1 Å². The predicted molar refractivity (Wildman–Crippen MR) is 104 cm³/mol. The summed E-state index contributed by atoms with van der Waals surface area (Å²) >= 11 is 0. The molecule has 27 heavy (non-hydrogen) atoms. The minimum atomic E-state index is -0.451. The van der Waals surface area contributed by atoms with Gasteiger partial charge < -0.3 is 19.7 Å². The first kappa shape index (κ1) is 21.0. The van der Waals surface area contributed by atoms with E-state index in [0.29, 0.717) is 19.7 Å². The van der Waals surface area contributed by atoms with Crippen LogP contribution in [0, 0.1) is 5.92 Å². The fraction of sp³-hybridized carbons (Fsp3) is 0.600. The van der Waals surface area contributed by atoms with Crippen molar-refractivity contribution in [1.29, 1.82) is 0 Å². The lowest BCUT2D eigenvalue weighted by molar-refractivity contribution is -0.138. The maximum absolute atomic E-state index is 12.7. The van der Waals surface area contributed by atoms with Crippen LogP contribution in [0.5, 0.6) is 11.5 Å². The molecular weight excluding hydrogens is 346 g/mol. The molecule has 0 aliphatic carbocycles. The molecule has 0 aromatic heterocycles. The molecule has 7 nitrogen and oxygen atoms in total. The summed E-state index contributed by atoms with van der Waals surface area (Å²) in [6.45, 7) is 9.72. The van der Waals surface area contributed by atoms with Crippen molar-refractivity contribution in [3.05, 3.63) is 24.3 Å². The summed E-state index contributed by atoms with van der Waals surface area (Å²) in [4.78, 5) is 28.2. The van der Waals surface area contributed by atoms with E-state index in [1.165, 1.54) is 6.92 Å². The van der Waals surface area contributed by atoms with Crippen LogP contribution in [0.25, 0.3) is 0 Å². The van der Waals surface area contributed by atoms with Crippen LogP contribution >= 0.6 is 0 Å². The molecule has 1 aromatic rings. The number of carbonyl (C=O) groups is 2. The molecule has 1 heterocycles. The molecule has 1 aliphatic heterocycles. The van der Waals surface area contributed by atoms with Gasteiger partial charge in [0.1, 0.15) is 24.1 Å². The molecule has 7 heteroatoms. The summed E-state index contributed by atoms with van der Waals surface area (Å²) in [7, 11) is 1.64.